The maximum atomic E-state index is 10.9. The first-order chi connectivity index (χ1) is 9.93. The molecule has 1 heterocycles. The van der Waals surface area contributed by atoms with Crippen LogP contribution in [0.1, 0.15) is 32.8 Å². The summed E-state index contributed by atoms with van der Waals surface area (Å²) < 4.78 is 2.16. The zero-order valence-electron chi connectivity index (χ0n) is 12.7. The fraction of sp³-hybridized carbons (Fsp3) is 0.333. The van der Waals surface area contributed by atoms with Gasteiger partial charge in [0.05, 0.1) is 5.41 Å². The number of benzene rings is 2. The van der Waals surface area contributed by atoms with Gasteiger partial charge >= 0.3 is 5.97 Å². The molecule has 21 heavy (non-hydrogen) atoms. The Bertz CT molecular complexity index is 772. The SMILES string of the molecule is CC1=[N+](CCC(=O)O)c2ccc3ccccc3c2C1(C)C. The topological polar surface area (TPSA) is 40.3 Å². The van der Waals surface area contributed by atoms with Crippen molar-refractivity contribution in [2.45, 2.75) is 32.6 Å². The van der Waals surface area contributed by atoms with Crippen LogP contribution in [0.4, 0.5) is 5.69 Å². The van der Waals surface area contributed by atoms with Crippen molar-refractivity contribution >= 4 is 28.1 Å². The average molecular weight is 282 g/mol. The molecule has 0 unspecified atom stereocenters. The minimum atomic E-state index is -0.755. The van der Waals surface area contributed by atoms with Gasteiger partial charge in [0.15, 0.2) is 12.3 Å². The molecule has 2 aromatic carbocycles. The number of carboxylic acid groups (broad SMARTS) is 1. The molecule has 0 fully saturated rings. The van der Waals surface area contributed by atoms with E-state index in [1.165, 1.54) is 22.0 Å². The molecule has 0 saturated carbocycles. The Hall–Kier alpha value is -2.16. The van der Waals surface area contributed by atoms with Crippen LogP contribution in [0.2, 0.25) is 0 Å². The van der Waals surface area contributed by atoms with Gasteiger partial charge in [0.25, 0.3) is 0 Å². The molecule has 0 radical (unpaired) electrons. The molecule has 0 bridgehead atoms. The van der Waals surface area contributed by atoms with Crippen LogP contribution in [0.25, 0.3) is 10.8 Å². The van der Waals surface area contributed by atoms with Crippen LogP contribution in [0.15, 0.2) is 36.4 Å². The van der Waals surface area contributed by atoms with Crippen molar-refractivity contribution in [3.63, 3.8) is 0 Å². The summed E-state index contributed by atoms with van der Waals surface area (Å²) in [6, 6.07) is 12.6. The van der Waals surface area contributed by atoms with Crippen LogP contribution >= 0.6 is 0 Å². The van der Waals surface area contributed by atoms with E-state index in [-0.39, 0.29) is 11.8 Å². The van der Waals surface area contributed by atoms with Crippen molar-refractivity contribution in [3.05, 3.63) is 42.0 Å². The van der Waals surface area contributed by atoms with Gasteiger partial charge in [-0.1, -0.05) is 24.3 Å². The van der Waals surface area contributed by atoms with Crippen molar-refractivity contribution in [1.82, 2.24) is 0 Å². The van der Waals surface area contributed by atoms with E-state index in [1.54, 1.807) is 0 Å². The number of fused-ring (bicyclic) bond motifs is 3. The normalized spacial score (nSPS) is 16.3. The van der Waals surface area contributed by atoms with Crippen molar-refractivity contribution in [2.75, 3.05) is 6.54 Å². The third-order valence-electron chi connectivity index (χ3n) is 4.68. The maximum Gasteiger partial charge on any atom is 0.309 e. The van der Waals surface area contributed by atoms with E-state index in [9.17, 15) is 4.79 Å². The molecule has 0 aliphatic carbocycles. The molecule has 0 amide bonds. The molecule has 1 aliphatic heterocycles. The molecule has 0 atom stereocenters. The van der Waals surface area contributed by atoms with Crippen molar-refractivity contribution < 1.29 is 14.5 Å². The van der Waals surface area contributed by atoms with Crippen LogP contribution in [0, 0.1) is 0 Å². The minimum Gasteiger partial charge on any atom is -0.481 e. The molecule has 0 aromatic heterocycles. The van der Waals surface area contributed by atoms with Gasteiger partial charge in [-0.15, -0.1) is 0 Å². The van der Waals surface area contributed by atoms with E-state index in [0.29, 0.717) is 6.54 Å². The number of carboxylic acids is 1. The van der Waals surface area contributed by atoms with Gasteiger partial charge in [0, 0.05) is 18.6 Å². The van der Waals surface area contributed by atoms with Gasteiger partial charge in [-0.25, -0.2) is 0 Å². The van der Waals surface area contributed by atoms with E-state index in [1.807, 2.05) is 0 Å². The van der Waals surface area contributed by atoms with Gasteiger partial charge in [0.1, 0.15) is 6.42 Å². The zero-order valence-corrected chi connectivity index (χ0v) is 12.7. The predicted octanol–water partition coefficient (Wildman–Crippen LogP) is 3.71. The molecule has 2 aromatic rings. The Morgan fingerprint density at radius 2 is 1.90 bits per heavy atom. The van der Waals surface area contributed by atoms with E-state index in [0.717, 1.165) is 5.69 Å². The first kappa shape index (κ1) is 13.8. The molecule has 1 N–H and O–H groups in total. The minimum absolute atomic E-state index is 0.0747. The van der Waals surface area contributed by atoms with Gasteiger partial charge < -0.3 is 5.11 Å². The zero-order chi connectivity index (χ0) is 15.2. The monoisotopic (exact) mass is 282 g/mol. The van der Waals surface area contributed by atoms with Gasteiger partial charge in [-0.05, 0) is 30.7 Å². The highest BCUT2D eigenvalue weighted by Gasteiger charge is 2.44. The quantitative estimate of drug-likeness (QED) is 0.872. The number of hydrogen-bond acceptors (Lipinski definition) is 1. The van der Waals surface area contributed by atoms with Crippen LogP contribution in [0.3, 0.4) is 0 Å². The average Bonchev–Trinajstić information content (AvgIpc) is 2.65. The van der Waals surface area contributed by atoms with Crippen molar-refractivity contribution in [3.8, 4) is 0 Å². The van der Waals surface area contributed by atoms with Crippen molar-refractivity contribution in [1.29, 1.82) is 0 Å². The molecule has 3 nitrogen and oxygen atoms in total. The molecular weight excluding hydrogens is 262 g/mol. The van der Waals surface area contributed by atoms with E-state index in [2.05, 4.69) is 61.7 Å². The highest BCUT2D eigenvalue weighted by atomic mass is 16.4. The van der Waals surface area contributed by atoms with Crippen LogP contribution < -0.4 is 0 Å². The third kappa shape index (κ3) is 2.04. The van der Waals surface area contributed by atoms with Gasteiger partial charge in [-0.3, -0.25) is 4.79 Å². The van der Waals surface area contributed by atoms with E-state index in [4.69, 9.17) is 5.11 Å². The summed E-state index contributed by atoms with van der Waals surface area (Å²) in [6.07, 6.45) is 0.152. The summed E-state index contributed by atoms with van der Waals surface area (Å²) in [6.45, 7) is 7.06. The second kappa shape index (κ2) is 4.69. The number of aliphatic carboxylic acids is 1. The molecule has 108 valence electrons. The summed E-state index contributed by atoms with van der Waals surface area (Å²) >= 11 is 0. The number of nitrogens with zero attached hydrogens (tertiary/aromatic N) is 1. The standard InChI is InChI=1S/C18H19NO2/c1-12-18(2,3)17-14-7-5-4-6-13(14)8-9-15(17)19(12)11-10-16(20)21/h4-9H,10-11H2,1-3H3/p+1. The summed E-state index contributed by atoms with van der Waals surface area (Å²) in [7, 11) is 0. The number of carbonyl (C=O) groups is 1. The molecule has 1 aliphatic rings. The molecule has 0 saturated heterocycles. The smallest absolute Gasteiger partial charge is 0.309 e. The highest BCUT2D eigenvalue weighted by Crippen LogP contribution is 2.43. The lowest BCUT2D eigenvalue weighted by molar-refractivity contribution is -0.438. The fourth-order valence-electron chi connectivity index (χ4n) is 3.34. The van der Waals surface area contributed by atoms with Gasteiger partial charge in [-0.2, -0.15) is 4.58 Å². The maximum absolute atomic E-state index is 10.9. The Labute approximate surface area is 124 Å². The Morgan fingerprint density at radius 3 is 2.62 bits per heavy atom. The predicted molar refractivity (Wildman–Crippen MR) is 84.7 cm³/mol. The molecule has 3 heteroatoms. The summed E-state index contributed by atoms with van der Waals surface area (Å²) in [5.74, 6) is -0.755. The van der Waals surface area contributed by atoms with E-state index < -0.39 is 5.97 Å². The van der Waals surface area contributed by atoms with E-state index >= 15 is 0 Å². The molecule has 3 rings (SSSR count). The van der Waals surface area contributed by atoms with Crippen LogP contribution in [0.5, 0.6) is 0 Å². The summed E-state index contributed by atoms with van der Waals surface area (Å²) in [4.78, 5) is 10.9. The Balaban J connectivity index is 2.21. The van der Waals surface area contributed by atoms with Crippen LogP contribution in [-0.4, -0.2) is 27.9 Å². The Morgan fingerprint density at radius 1 is 1.19 bits per heavy atom. The number of hydrogen-bond donors (Lipinski definition) is 1. The lowest BCUT2D eigenvalue weighted by atomic mass is 9.80. The highest BCUT2D eigenvalue weighted by molar-refractivity contribution is 6.01. The van der Waals surface area contributed by atoms with Crippen LogP contribution in [-0.2, 0) is 10.2 Å². The number of rotatable bonds is 3. The summed E-state index contributed by atoms with van der Waals surface area (Å²) in [5, 5.41) is 11.5. The lowest BCUT2D eigenvalue weighted by Crippen LogP contribution is -2.27. The molecule has 0 spiro atoms. The van der Waals surface area contributed by atoms with Crippen molar-refractivity contribution in [2.24, 2.45) is 0 Å². The first-order valence-electron chi connectivity index (χ1n) is 7.28. The fourth-order valence-corrected chi connectivity index (χ4v) is 3.34. The third-order valence-corrected chi connectivity index (χ3v) is 4.68. The second-order valence-electron chi connectivity index (χ2n) is 6.19. The van der Waals surface area contributed by atoms with Gasteiger partial charge in [0.2, 0.25) is 5.69 Å². The Kier molecular flexibility index (Phi) is 3.08. The lowest BCUT2D eigenvalue weighted by Gasteiger charge is -2.17. The second-order valence-corrected chi connectivity index (χ2v) is 6.19. The largest absolute Gasteiger partial charge is 0.481 e. The summed E-state index contributed by atoms with van der Waals surface area (Å²) in [5.41, 5.74) is 3.60. The first-order valence-corrected chi connectivity index (χ1v) is 7.28. The molecular formula is C18H20NO2+.